The summed E-state index contributed by atoms with van der Waals surface area (Å²) in [6.45, 7) is 2.03. The van der Waals surface area contributed by atoms with Gasteiger partial charge in [0.05, 0.1) is 0 Å². The standard InChI is InChI=1S/C9H12O3/c1-7-3-4-8(5-9(7)10)12-6-11-2/h3-5,10H,6H2,1-2H3. The first-order chi connectivity index (χ1) is 5.74. The Balaban J connectivity index is 2.69. The fourth-order valence-corrected chi connectivity index (χ4v) is 0.806. The van der Waals surface area contributed by atoms with Gasteiger partial charge in [0, 0.05) is 13.2 Å². The van der Waals surface area contributed by atoms with E-state index in [2.05, 4.69) is 0 Å². The van der Waals surface area contributed by atoms with Crippen LogP contribution >= 0.6 is 0 Å². The molecule has 3 nitrogen and oxygen atoms in total. The van der Waals surface area contributed by atoms with Gasteiger partial charge in [0.15, 0.2) is 6.79 Å². The minimum absolute atomic E-state index is 0.197. The highest BCUT2D eigenvalue weighted by Crippen LogP contribution is 2.22. The molecule has 1 aromatic rings. The number of aromatic hydroxyl groups is 1. The van der Waals surface area contributed by atoms with E-state index in [-0.39, 0.29) is 12.5 Å². The molecule has 0 radical (unpaired) electrons. The minimum atomic E-state index is 0.197. The second kappa shape index (κ2) is 3.97. The van der Waals surface area contributed by atoms with Gasteiger partial charge in [-0.15, -0.1) is 0 Å². The van der Waals surface area contributed by atoms with Crippen LogP contribution in [-0.2, 0) is 4.74 Å². The van der Waals surface area contributed by atoms with Crippen LogP contribution in [0.5, 0.6) is 11.5 Å². The van der Waals surface area contributed by atoms with E-state index < -0.39 is 0 Å². The summed E-state index contributed by atoms with van der Waals surface area (Å²) >= 11 is 0. The van der Waals surface area contributed by atoms with Gasteiger partial charge in [0.25, 0.3) is 0 Å². The predicted molar refractivity (Wildman–Crippen MR) is 45.3 cm³/mol. The van der Waals surface area contributed by atoms with E-state index in [4.69, 9.17) is 9.47 Å². The quantitative estimate of drug-likeness (QED) is 0.698. The summed E-state index contributed by atoms with van der Waals surface area (Å²) in [5.74, 6) is 0.851. The number of benzene rings is 1. The van der Waals surface area contributed by atoms with Gasteiger partial charge >= 0.3 is 0 Å². The molecule has 3 heteroatoms. The zero-order valence-corrected chi connectivity index (χ0v) is 7.20. The lowest BCUT2D eigenvalue weighted by Crippen LogP contribution is -1.98. The third-order valence-corrected chi connectivity index (χ3v) is 1.52. The van der Waals surface area contributed by atoms with E-state index in [9.17, 15) is 5.11 Å². The smallest absolute Gasteiger partial charge is 0.188 e. The molecule has 12 heavy (non-hydrogen) atoms. The molecule has 66 valence electrons. The molecular formula is C9H12O3. The molecule has 0 heterocycles. The van der Waals surface area contributed by atoms with Crippen molar-refractivity contribution in [3.8, 4) is 11.5 Å². The zero-order chi connectivity index (χ0) is 8.97. The Morgan fingerprint density at radius 1 is 1.42 bits per heavy atom. The monoisotopic (exact) mass is 168 g/mol. The average Bonchev–Trinajstić information content (AvgIpc) is 2.07. The Labute approximate surface area is 71.5 Å². The fraction of sp³-hybridized carbons (Fsp3) is 0.333. The summed E-state index contributed by atoms with van der Waals surface area (Å²) in [5, 5.41) is 9.28. The first kappa shape index (κ1) is 8.87. The van der Waals surface area contributed by atoms with Crippen LogP contribution in [0.2, 0.25) is 0 Å². The van der Waals surface area contributed by atoms with Gasteiger partial charge in [-0.3, -0.25) is 0 Å². The Morgan fingerprint density at radius 3 is 2.75 bits per heavy atom. The zero-order valence-electron chi connectivity index (χ0n) is 7.20. The predicted octanol–water partition coefficient (Wildman–Crippen LogP) is 1.68. The Hall–Kier alpha value is -1.22. The van der Waals surface area contributed by atoms with Crippen molar-refractivity contribution in [2.24, 2.45) is 0 Å². The third-order valence-electron chi connectivity index (χ3n) is 1.52. The molecule has 1 aromatic carbocycles. The molecule has 1 N–H and O–H groups in total. The highest BCUT2D eigenvalue weighted by atomic mass is 16.7. The van der Waals surface area contributed by atoms with Crippen LogP contribution in [0.25, 0.3) is 0 Å². The molecule has 0 aliphatic heterocycles. The molecule has 0 saturated heterocycles. The van der Waals surface area contributed by atoms with Crippen molar-refractivity contribution in [2.45, 2.75) is 6.92 Å². The molecule has 0 aliphatic rings. The largest absolute Gasteiger partial charge is 0.508 e. The maximum absolute atomic E-state index is 9.28. The summed E-state index contributed by atoms with van der Waals surface area (Å²) in [4.78, 5) is 0. The topological polar surface area (TPSA) is 38.7 Å². The Bertz CT molecular complexity index is 258. The molecule has 1 rings (SSSR count). The van der Waals surface area contributed by atoms with Gasteiger partial charge < -0.3 is 14.6 Å². The number of ether oxygens (including phenoxy) is 2. The number of rotatable bonds is 3. The summed E-state index contributed by atoms with van der Waals surface area (Å²) in [7, 11) is 1.55. The van der Waals surface area contributed by atoms with E-state index in [0.29, 0.717) is 5.75 Å². The molecular weight excluding hydrogens is 156 g/mol. The number of aryl methyl sites for hydroxylation is 1. The van der Waals surface area contributed by atoms with Gasteiger partial charge in [0.2, 0.25) is 0 Å². The van der Waals surface area contributed by atoms with Crippen molar-refractivity contribution in [1.29, 1.82) is 0 Å². The number of methoxy groups -OCH3 is 1. The van der Waals surface area contributed by atoms with Crippen LogP contribution in [0.3, 0.4) is 0 Å². The van der Waals surface area contributed by atoms with Crippen molar-refractivity contribution in [3.05, 3.63) is 23.8 Å². The second-order valence-electron chi connectivity index (χ2n) is 2.50. The van der Waals surface area contributed by atoms with E-state index in [1.165, 1.54) is 0 Å². The maximum atomic E-state index is 9.28. The summed E-state index contributed by atoms with van der Waals surface area (Å²) in [5.41, 5.74) is 0.833. The molecule has 0 aliphatic carbocycles. The SMILES string of the molecule is COCOc1ccc(C)c(O)c1. The molecule has 0 spiro atoms. The summed E-state index contributed by atoms with van der Waals surface area (Å²) < 4.78 is 9.82. The third kappa shape index (κ3) is 2.13. The Kier molecular flexibility index (Phi) is 2.94. The molecule has 0 amide bonds. The maximum Gasteiger partial charge on any atom is 0.188 e. The van der Waals surface area contributed by atoms with Crippen LogP contribution < -0.4 is 4.74 Å². The summed E-state index contributed by atoms with van der Waals surface area (Å²) in [6.07, 6.45) is 0. The number of phenols is 1. The van der Waals surface area contributed by atoms with Crippen LogP contribution in [0.1, 0.15) is 5.56 Å². The average molecular weight is 168 g/mol. The van der Waals surface area contributed by atoms with Crippen LogP contribution in [-0.4, -0.2) is 19.0 Å². The highest BCUT2D eigenvalue weighted by molar-refractivity contribution is 5.38. The highest BCUT2D eigenvalue weighted by Gasteiger charge is 1.97. The van der Waals surface area contributed by atoms with Crippen molar-refractivity contribution in [1.82, 2.24) is 0 Å². The molecule has 0 unspecified atom stereocenters. The van der Waals surface area contributed by atoms with Gasteiger partial charge in [0.1, 0.15) is 11.5 Å². The number of hydrogen-bond acceptors (Lipinski definition) is 3. The van der Waals surface area contributed by atoms with Gasteiger partial charge in [-0.2, -0.15) is 0 Å². The lowest BCUT2D eigenvalue weighted by molar-refractivity contribution is 0.0510. The van der Waals surface area contributed by atoms with Crippen molar-refractivity contribution in [2.75, 3.05) is 13.9 Å². The van der Waals surface area contributed by atoms with Crippen LogP contribution in [0.4, 0.5) is 0 Å². The number of hydrogen-bond donors (Lipinski definition) is 1. The fourth-order valence-electron chi connectivity index (χ4n) is 0.806. The van der Waals surface area contributed by atoms with E-state index in [1.807, 2.05) is 6.92 Å². The van der Waals surface area contributed by atoms with Gasteiger partial charge in [-0.05, 0) is 18.6 Å². The van der Waals surface area contributed by atoms with Crippen molar-refractivity contribution >= 4 is 0 Å². The first-order valence-electron chi connectivity index (χ1n) is 3.65. The van der Waals surface area contributed by atoms with Crippen LogP contribution in [0.15, 0.2) is 18.2 Å². The van der Waals surface area contributed by atoms with E-state index in [1.54, 1.807) is 25.3 Å². The first-order valence-corrected chi connectivity index (χ1v) is 3.65. The van der Waals surface area contributed by atoms with Crippen molar-refractivity contribution in [3.63, 3.8) is 0 Å². The molecule has 0 aromatic heterocycles. The molecule has 0 saturated carbocycles. The lowest BCUT2D eigenvalue weighted by atomic mass is 10.2. The van der Waals surface area contributed by atoms with E-state index >= 15 is 0 Å². The normalized spacial score (nSPS) is 9.83. The molecule has 0 fully saturated rings. The molecule has 0 atom stereocenters. The number of phenolic OH excluding ortho intramolecular Hbond substituents is 1. The lowest BCUT2D eigenvalue weighted by Gasteiger charge is -2.05. The van der Waals surface area contributed by atoms with E-state index in [0.717, 1.165) is 5.56 Å². The Morgan fingerprint density at radius 2 is 2.17 bits per heavy atom. The second-order valence-corrected chi connectivity index (χ2v) is 2.50. The van der Waals surface area contributed by atoms with Crippen LogP contribution in [0, 0.1) is 6.92 Å². The summed E-state index contributed by atoms with van der Waals surface area (Å²) in [6, 6.07) is 5.14. The van der Waals surface area contributed by atoms with Crippen molar-refractivity contribution < 1.29 is 14.6 Å². The van der Waals surface area contributed by atoms with Gasteiger partial charge in [-0.25, -0.2) is 0 Å². The van der Waals surface area contributed by atoms with Gasteiger partial charge in [-0.1, -0.05) is 6.07 Å². The molecule has 0 bridgehead atoms. The minimum Gasteiger partial charge on any atom is -0.508 e.